The maximum atomic E-state index is 11.7. The Bertz CT molecular complexity index is 446. The molecule has 1 aliphatic heterocycles. The molecule has 1 heterocycles. The van der Waals surface area contributed by atoms with E-state index in [0.29, 0.717) is 6.54 Å². The Hall–Kier alpha value is -1.55. The summed E-state index contributed by atoms with van der Waals surface area (Å²) >= 11 is 0. The minimum atomic E-state index is 0.204. The van der Waals surface area contributed by atoms with Crippen LogP contribution in [0.15, 0.2) is 18.2 Å². The Labute approximate surface area is 114 Å². The molecule has 0 atom stereocenters. The van der Waals surface area contributed by atoms with Gasteiger partial charge in [-0.2, -0.15) is 0 Å². The number of nitrogens with zero attached hydrogens (tertiary/aromatic N) is 1. The molecule has 2 rings (SSSR count). The minimum Gasteiger partial charge on any atom is -0.496 e. The lowest BCUT2D eigenvalue weighted by Gasteiger charge is -2.27. The molecular weight excluding hydrogens is 240 g/mol. The predicted molar refractivity (Wildman–Crippen MR) is 75.5 cm³/mol. The topological polar surface area (TPSA) is 41.6 Å². The zero-order chi connectivity index (χ0) is 13.7. The van der Waals surface area contributed by atoms with Crippen LogP contribution in [-0.4, -0.2) is 44.1 Å². The smallest absolute Gasteiger partial charge is 0.236 e. The van der Waals surface area contributed by atoms with Crippen LogP contribution in [0.4, 0.5) is 0 Å². The van der Waals surface area contributed by atoms with E-state index in [2.05, 4.69) is 24.4 Å². The molecule has 1 fully saturated rings. The molecule has 4 heteroatoms. The van der Waals surface area contributed by atoms with Crippen molar-refractivity contribution in [2.75, 3.05) is 33.3 Å². The molecule has 0 unspecified atom stereocenters. The zero-order valence-electron chi connectivity index (χ0n) is 11.7. The average Bonchev–Trinajstić information content (AvgIpc) is 2.46. The van der Waals surface area contributed by atoms with Crippen molar-refractivity contribution in [1.29, 1.82) is 0 Å². The van der Waals surface area contributed by atoms with Gasteiger partial charge in [-0.15, -0.1) is 0 Å². The highest BCUT2D eigenvalue weighted by Crippen LogP contribution is 2.20. The van der Waals surface area contributed by atoms with Gasteiger partial charge in [-0.25, -0.2) is 0 Å². The number of ether oxygens (including phenoxy) is 1. The summed E-state index contributed by atoms with van der Waals surface area (Å²) in [6.45, 7) is 5.12. The van der Waals surface area contributed by atoms with Gasteiger partial charge in [0.05, 0.1) is 13.7 Å². The highest BCUT2D eigenvalue weighted by molar-refractivity contribution is 5.78. The van der Waals surface area contributed by atoms with Gasteiger partial charge in [-0.05, 0) is 30.0 Å². The number of methoxy groups -OCH3 is 1. The van der Waals surface area contributed by atoms with Crippen LogP contribution in [0.2, 0.25) is 0 Å². The monoisotopic (exact) mass is 262 g/mol. The fourth-order valence-corrected chi connectivity index (χ4v) is 2.41. The standard InChI is InChI=1S/C15H22N2O2/c1-3-13-10-12(4-5-14(13)19-2)6-8-17-9-7-16-11-15(17)18/h4-5,10,16H,3,6-9,11H2,1-2H3. The Morgan fingerprint density at radius 1 is 1.42 bits per heavy atom. The Morgan fingerprint density at radius 3 is 2.95 bits per heavy atom. The maximum Gasteiger partial charge on any atom is 0.236 e. The first-order valence-corrected chi connectivity index (χ1v) is 6.89. The van der Waals surface area contributed by atoms with Crippen LogP contribution in [0.3, 0.4) is 0 Å². The summed E-state index contributed by atoms with van der Waals surface area (Å²) in [6.07, 6.45) is 1.87. The SMILES string of the molecule is CCc1cc(CCN2CCNCC2=O)ccc1OC. The van der Waals surface area contributed by atoms with Crippen molar-refractivity contribution in [1.82, 2.24) is 10.2 Å². The number of hydrogen-bond acceptors (Lipinski definition) is 3. The summed E-state index contributed by atoms with van der Waals surface area (Å²) in [5.41, 5.74) is 2.50. The zero-order valence-corrected chi connectivity index (χ0v) is 11.7. The lowest BCUT2D eigenvalue weighted by molar-refractivity contribution is -0.131. The molecule has 4 nitrogen and oxygen atoms in total. The number of piperazine rings is 1. The van der Waals surface area contributed by atoms with Gasteiger partial charge in [-0.3, -0.25) is 4.79 Å². The second-order valence-electron chi connectivity index (χ2n) is 4.81. The van der Waals surface area contributed by atoms with Crippen LogP contribution in [0.5, 0.6) is 5.75 Å². The maximum absolute atomic E-state index is 11.7. The summed E-state index contributed by atoms with van der Waals surface area (Å²) in [4.78, 5) is 13.6. The molecule has 19 heavy (non-hydrogen) atoms. The summed E-state index contributed by atoms with van der Waals surface area (Å²) in [7, 11) is 1.70. The van der Waals surface area contributed by atoms with Crippen molar-refractivity contribution < 1.29 is 9.53 Å². The number of amides is 1. The van der Waals surface area contributed by atoms with E-state index in [1.807, 2.05) is 11.0 Å². The van der Waals surface area contributed by atoms with Crippen molar-refractivity contribution in [3.05, 3.63) is 29.3 Å². The van der Waals surface area contributed by atoms with Gasteiger partial charge in [0.15, 0.2) is 0 Å². The van der Waals surface area contributed by atoms with Crippen LogP contribution in [0.1, 0.15) is 18.1 Å². The van der Waals surface area contributed by atoms with Crippen LogP contribution in [-0.2, 0) is 17.6 Å². The van der Waals surface area contributed by atoms with Crippen molar-refractivity contribution in [3.8, 4) is 5.75 Å². The van der Waals surface area contributed by atoms with Crippen molar-refractivity contribution in [2.24, 2.45) is 0 Å². The third-order valence-electron chi connectivity index (χ3n) is 3.58. The molecule has 0 radical (unpaired) electrons. The number of carbonyl (C=O) groups excluding carboxylic acids is 1. The summed E-state index contributed by atoms with van der Waals surface area (Å²) in [5, 5.41) is 3.09. The van der Waals surface area contributed by atoms with Gasteiger partial charge >= 0.3 is 0 Å². The molecule has 1 aromatic carbocycles. The van der Waals surface area contributed by atoms with Crippen LogP contribution in [0, 0.1) is 0 Å². The second kappa shape index (κ2) is 6.57. The quantitative estimate of drug-likeness (QED) is 0.868. The summed E-state index contributed by atoms with van der Waals surface area (Å²) in [5.74, 6) is 1.15. The van der Waals surface area contributed by atoms with Crippen LogP contribution < -0.4 is 10.1 Å². The van der Waals surface area contributed by atoms with Crippen LogP contribution in [0.25, 0.3) is 0 Å². The third kappa shape index (κ3) is 3.47. The second-order valence-corrected chi connectivity index (χ2v) is 4.81. The van der Waals surface area contributed by atoms with E-state index in [9.17, 15) is 4.79 Å². The first-order valence-electron chi connectivity index (χ1n) is 6.89. The molecule has 0 aromatic heterocycles. The number of nitrogens with one attached hydrogen (secondary N) is 1. The van der Waals surface area contributed by atoms with Crippen molar-refractivity contribution >= 4 is 5.91 Å². The minimum absolute atomic E-state index is 0.204. The number of carbonyl (C=O) groups is 1. The van der Waals surface area contributed by atoms with E-state index >= 15 is 0 Å². The van der Waals surface area contributed by atoms with E-state index in [0.717, 1.165) is 38.2 Å². The highest BCUT2D eigenvalue weighted by Gasteiger charge is 2.16. The predicted octanol–water partition coefficient (Wildman–Crippen LogP) is 1.23. The molecule has 104 valence electrons. The van der Waals surface area contributed by atoms with E-state index in [4.69, 9.17) is 4.74 Å². The number of aryl methyl sites for hydroxylation is 1. The molecule has 0 saturated carbocycles. The summed E-state index contributed by atoms with van der Waals surface area (Å²) < 4.78 is 5.33. The van der Waals surface area contributed by atoms with Crippen molar-refractivity contribution in [3.63, 3.8) is 0 Å². The number of rotatable bonds is 5. The van der Waals surface area contributed by atoms with Gasteiger partial charge < -0.3 is 15.0 Å². The van der Waals surface area contributed by atoms with Gasteiger partial charge in [0.1, 0.15) is 5.75 Å². The number of benzene rings is 1. The fraction of sp³-hybridized carbons (Fsp3) is 0.533. The average molecular weight is 262 g/mol. The molecule has 0 spiro atoms. The normalized spacial score (nSPS) is 15.7. The van der Waals surface area contributed by atoms with Gasteiger partial charge in [0.25, 0.3) is 0 Å². The molecule has 0 aliphatic carbocycles. The van der Waals surface area contributed by atoms with Gasteiger partial charge in [-0.1, -0.05) is 19.1 Å². The first kappa shape index (κ1) is 13.9. The summed E-state index contributed by atoms with van der Waals surface area (Å²) in [6, 6.07) is 6.30. The largest absolute Gasteiger partial charge is 0.496 e. The lowest BCUT2D eigenvalue weighted by Crippen LogP contribution is -2.48. The van der Waals surface area contributed by atoms with E-state index < -0.39 is 0 Å². The fourth-order valence-electron chi connectivity index (χ4n) is 2.41. The van der Waals surface area contributed by atoms with Crippen molar-refractivity contribution in [2.45, 2.75) is 19.8 Å². The van der Waals surface area contributed by atoms with E-state index in [1.54, 1.807) is 7.11 Å². The molecule has 1 saturated heterocycles. The third-order valence-corrected chi connectivity index (χ3v) is 3.58. The molecule has 0 bridgehead atoms. The first-order chi connectivity index (χ1) is 9.24. The molecular formula is C15H22N2O2. The molecule has 1 amide bonds. The highest BCUT2D eigenvalue weighted by atomic mass is 16.5. The lowest BCUT2D eigenvalue weighted by atomic mass is 10.0. The molecule has 1 aliphatic rings. The van der Waals surface area contributed by atoms with E-state index in [1.165, 1.54) is 11.1 Å². The van der Waals surface area contributed by atoms with Gasteiger partial charge in [0, 0.05) is 19.6 Å². The number of hydrogen-bond donors (Lipinski definition) is 1. The van der Waals surface area contributed by atoms with Crippen LogP contribution >= 0.6 is 0 Å². The van der Waals surface area contributed by atoms with Gasteiger partial charge in [0.2, 0.25) is 5.91 Å². The Morgan fingerprint density at radius 2 is 2.26 bits per heavy atom. The van der Waals surface area contributed by atoms with E-state index in [-0.39, 0.29) is 5.91 Å². The Balaban J connectivity index is 1.97. The Kier molecular flexibility index (Phi) is 4.80. The molecule has 1 aromatic rings. The molecule has 1 N–H and O–H groups in total.